The number of aromatic hydroxyl groups is 1. The third-order valence-corrected chi connectivity index (χ3v) is 5.11. The third-order valence-electron chi connectivity index (χ3n) is 3.50. The van der Waals surface area contributed by atoms with E-state index in [9.17, 15) is 18.3 Å². The van der Waals surface area contributed by atoms with E-state index < -0.39 is 15.9 Å². The van der Waals surface area contributed by atoms with Crippen LogP contribution in [0.4, 0.5) is 11.4 Å². The summed E-state index contributed by atoms with van der Waals surface area (Å²) in [6.45, 7) is 0. The fourth-order valence-electron chi connectivity index (χ4n) is 2.23. The average molecular weight is 404 g/mol. The SMILES string of the molecule is O=C(Nc1cc(S(=O)(=O)Nc2cccc(Cl)c2)ccc1O)c1ccccn1. The van der Waals surface area contributed by atoms with Crippen molar-refractivity contribution >= 4 is 38.9 Å². The van der Waals surface area contributed by atoms with Crippen molar-refractivity contribution in [2.45, 2.75) is 4.90 Å². The highest BCUT2D eigenvalue weighted by molar-refractivity contribution is 7.92. The predicted octanol–water partition coefficient (Wildman–Crippen LogP) is 3.49. The molecule has 0 bridgehead atoms. The largest absolute Gasteiger partial charge is 0.506 e. The van der Waals surface area contributed by atoms with Crippen molar-refractivity contribution in [1.29, 1.82) is 0 Å². The highest BCUT2D eigenvalue weighted by Crippen LogP contribution is 2.28. The summed E-state index contributed by atoms with van der Waals surface area (Å²) in [7, 11) is -3.96. The molecule has 1 heterocycles. The number of anilines is 2. The van der Waals surface area contributed by atoms with Crippen LogP contribution in [-0.2, 0) is 10.0 Å². The molecule has 0 atom stereocenters. The van der Waals surface area contributed by atoms with Crippen molar-refractivity contribution < 1.29 is 18.3 Å². The second kappa shape index (κ2) is 7.65. The van der Waals surface area contributed by atoms with Gasteiger partial charge in [0.2, 0.25) is 0 Å². The van der Waals surface area contributed by atoms with Gasteiger partial charge < -0.3 is 10.4 Å². The number of sulfonamides is 1. The summed E-state index contributed by atoms with van der Waals surface area (Å²) in [4.78, 5) is 16.0. The van der Waals surface area contributed by atoms with E-state index in [2.05, 4.69) is 15.0 Å². The van der Waals surface area contributed by atoms with Crippen LogP contribution in [-0.4, -0.2) is 24.4 Å². The topological polar surface area (TPSA) is 108 Å². The van der Waals surface area contributed by atoms with E-state index in [0.29, 0.717) is 5.02 Å². The van der Waals surface area contributed by atoms with Gasteiger partial charge >= 0.3 is 0 Å². The molecule has 3 N–H and O–H groups in total. The van der Waals surface area contributed by atoms with E-state index in [0.717, 1.165) is 6.07 Å². The number of phenols is 1. The Balaban J connectivity index is 1.87. The Kier molecular flexibility index (Phi) is 5.29. The molecule has 2 aromatic carbocycles. The van der Waals surface area contributed by atoms with Gasteiger partial charge in [-0.1, -0.05) is 23.7 Å². The molecule has 0 aliphatic carbocycles. The average Bonchev–Trinajstić information content (AvgIpc) is 2.63. The number of phenolic OH excluding ortho intramolecular Hbond substituents is 1. The van der Waals surface area contributed by atoms with Crippen LogP contribution in [0, 0.1) is 0 Å². The Bertz CT molecular complexity index is 1090. The number of nitrogens with zero attached hydrogens (tertiary/aromatic N) is 1. The molecule has 0 saturated heterocycles. The van der Waals surface area contributed by atoms with Gasteiger partial charge in [-0.25, -0.2) is 8.42 Å². The summed E-state index contributed by atoms with van der Waals surface area (Å²) in [5.74, 6) is -0.857. The molecule has 3 aromatic rings. The summed E-state index contributed by atoms with van der Waals surface area (Å²) in [6.07, 6.45) is 1.45. The summed E-state index contributed by atoms with van der Waals surface area (Å²) in [5, 5.41) is 12.8. The fraction of sp³-hybridized carbons (Fsp3) is 0. The molecule has 138 valence electrons. The lowest BCUT2D eigenvalue weighted by atomic mass is 10.2. The van der Waals surface area contributed by atoms with Gasteiger partial charge in [-0.3, -0.25) is 14.5 Å². The number of carbonyl (C=O) groups is 1. The summed E-state index contributed by atoms with van der Waals surface area (Å²) >= 11 is 5.86. The zero-order valence-electron chi connectivity index (χ0n) is 13.8. The lowest BCUT2D eigenvalue weighted by molar-refractivity contribution is 0.102. The first-order valence-corrected chi connectivity index (χ1v) is 9.55. The van der Waals surface area contributed by atoms with E-state index >= 15 is 0 Å². The molecule has 3 rings (SSSR count). The first kappa shape index (κ1) is 18.7. The van der Waals surface area contributed by atoms with Gasteiger partial charge in [0.25, 0.3) is 15.9 Å². The molecular weight excluding hydrogens is 390 g/mol. The molecule has 0 aliphatic heterocycles. The van der Waals surface area contributed by atoms with Gasteiger partial charge in [0.1, 0.15) is 11.4 Å². The highest BCUT2D eigenvalue weighted by atomic mass is 35.5. The van der Waals surface area contributed by atoms with E-state index in [1.165, 1.54) is 30.5 Å². The van der Waals surface area contributed by atoms with Crippen LogP contribution in [0.15, 0.2) is 71.8 Å². The maximum absolute atomic E-state index is 12.6. The molecule has 1 aromatic heterocycles. The van der Waals surface area contributed by atoms with Crippen molar-refractivity contribution in [1.82, 2.24) is 4.98 Å². The molecular formula is C18H14ClN3O4S. The number of rotatable bonds is 5. The number of benzene rings is 2. The van der Waals surface area contributed by atoms with Gasteiger partial charge in [0, 0.05) is 11.2 Å². The number of amides is 1. The van der Waals surface area contributed by atoms with Gasteiger partial charge in [0.15, 0.2) is 0 Å². The number of hydrogen-bond acceptors (Lipinski definition) is 5. The van der Waals surface area contributed by atoms with Crippen LogP contribution in [0.1, 0.15) is 10.5 Å². The normalized spacial score (nSPS) is 11.0. The van der Waals surface area contributed by atoms with Crippen LogP contribution in [0.25, 0.3) is 0 Å². The van der Waals surface area contributed by atoms with Crippen LogP contribution in [0.3, 0.4) is 0 Å². The molecule has 0 spiro atoms. The van der Waals surface area contributed by atoms with Gasteiger partial charge in [-0.15, -0.1) is 0 Å². The molecule has 0 aliphatic rings. The Morgan fingerprint density at radius 2 is 1.85 bits per heavy atom. The maximum atomic E-state index is 12.6. The molecule has 0 unspecified atom stereocenters. The van der Waals surface area contributed by atoms with E-state index in [4.69, 9.17) is 11.6 Å². The van der Waals surface area contributed by atoms with Crippen molar-refractivity contribution in [2.24, 2.45) is 0 Å². The lowest BCUT2D eigenvalue weighted by Crippen LogP contribution is -2.16. The zero-order chi connectivity index (χ0) is 19.4. The van der Waals surface area contributed by atoms with Crippen LogP contribution < -0.4 is 10.0 Å². The van der Waals surface area contributed by atoms with Crippen LogP contribution >= 0.6 is 11.6 Å². The van der Waals surface area contributed by atoms with Gasteiger partial charge in [0.05, 0.1) is 16.3 Å². The molecule has 27 heavy (non-hydrogen) atoms. The molecule has 1 amide bonds. The maximum Gasteiger partial charge on any atom is 0.274 e. The summed E-state index contributed by atoms with van der Waals surface area (Å²) in [5.41, 5.74) is 0.358. The number of hydrogen-bond donors (Lipinski definition) is 3. The highest BCUT2D eigenvalue weighted by Gasteiger charge is 2.18. The Morgan fingerprint density at radius 1 is 1.04 bits per heavy atom. The molecule has 0 saturated carbocycles. The lowest BCUT2D eigenvalue weighted by Gasteiger charge is -2.11. The second-order valence-corrected chi connectivity index (χ2v) is 7.58. The number of pyridine rings is 1. The third kappa shape index (κ3) is 4.55. The standard InChI is InChI=1S/C18H14ClN3O4S/c19-12-4-3-5-13(10-12)22-27(25,26)14-7-8-17(23)16(11-14)21-18(24)15-6-1-2-9-20-15/h1-11,22-23H,(H,21,24). The smallest absolute Gasteiger partial charge is 0.274 e. The van der Waals surface area contributed by atoms with Gasteiger partial charge in [-0.2, -0.15) is 0 Å². The van der Waals surface area contributed by atoms with Crippen LogP contribution in [0.5, 0.6) is 5.75 Å². The van der Waals surface area contributed by atoms with Crippen molar-refractivity contribution in [3.8, 4) is 5.75 Å². The van der Waals surface area contributed by atoms with E-state index in [1.807, 2.05) is 0 Å². The number of halogens is 1. The number of carbonyl (C=O) groups excluding carboxylic acids is 1. The second-order valence-electron chi connectivity index (χ2n) is 5.46. The Hall–Kier alpha value is -3.10. The Labute approximate surface area is 160 Å². The molecule has 9 heteroatoms. The summed E-state index contributed by atoms with van der Waals surface area (Å²) < 4.78 is 27.5. The first-order valence-electron chi connectivity index (χ1n) is 7.69. The van der Waals surface area contributed by atoms with Gasteiger partial charge in [-0.05, 0) is 48.5 Å². The van der Waals surface area contributed by atoms with Crippen molar-refractivity contribution in [2.75, 3.05) is 10.0 Å². The molecule has 0 radical (unpaired) electrons. The Morgan fingerprint density at radius 3 is 2.56 bits per heavy atom. The quantitative estimate of drug-likeness (QED) is 0.565. The minimum absolute atomic E-state index is 0.0559. The zero-order valence-corrected chi connectivity index (χ0v) is 15.3. The molecule has 7 nitrogen and oxygen atoms in total. The minimum atomic E-state index is -3.96. The summed E-state index contributed by atoms with van der Waals surface area (Å²) in [6, 6.07) is 14.6. The van der Waals surface area contributed by atoms with Crippen molar-refractivity contribution in [3.63, 3.8) is 0 Å². The van der Waals surface area contributed by atoms with Crippen molar-refractivity contribution in [3.05, 3.63) is 77.6 Å². The van der Waals surface area contributed by atoms with E-state index in [-0.39, 0.29) is 27.7 Å². The first-order chi connectivity index (χ1) is 12.8. The fourth-order valence-corrected chi connectivity index (χ4v) is 3.50. The number of nitrogens with one attached hydrogen (secondary N) is 2. The van der Waals surface area contributed by atoms with Crippen LogP contribution in [0.2, 0.25) is 5.02 Å². The monoisotopic (exact) mass is 403 g/mol. The van der Waals surface area contributed by atoms with E-state index in [1.54, 1.807) is 30.3 Å². The molecule has 0 fully saturated rings. The number of aromatic nitrogens is 1. The minimum Gasteiger partial charge on any atom is -0.506 e. The predicted molar refractivity (Wildman–Crippen MR) is 103 cm³/mol.